The van der Waals surface area contributed by atoms with Crippen molar-refractivity contribution in [2.75, 3.05) is 16.8 Å². The Balaban J connectivity index is 1.26. The first kappa shape index (κ1) is 21.1. The number of amides is 3. The number of carbonyl (C=O) groups is 4. The summed E-state index contributed by atoms with van der Waals surface area (Å²) in [6.45, 7) is 3.32. The molecule has 2 bridgehead atoms. The largest absolute Gasteiger partial charge is 0.452 e. The van der Waals surface area contributed by atoms with Crippen LogP contribution in [0.5, 0.6) is 0 Å². The van der Waals surface area contributed by atoms with Crippen LogP contribution in [-0.2, 0) is 19.1 Å². The zero-order valence-corrected chi connectivity index (χ0v) is 18.4. The van der Waals surface area contributed by atoms with Crippen LogP contribution < -0.4 is 10.2 Å². The Labute approximate surface area is 191 Å². The van der Waals surface area contributed by atoms with Crippen molar-refractivity contribution < 1.29 is 23.9 Å². The van der Waals surface area contributed by atoms with Crippen molar-refractivity contribution >= 4 is 35.1 Å². The lowest BCUT2D eigenvalue weighted by atomic mass is 9.85. The van der Waals surface area contributed by atoms with Crippen LogP contribution in [0, 0.1) is 37.5 Å². The van der Waals surface area contributed by atoms with Crippen LogP contribution in [0.25, 0.3) is 0 Å². The van der Waals surface area contributed by atoms with Gasteiger partial charge in [0, 0.05) is 5.69 Å². The number of esters is 1. The van der Waals surface area contributed by atoms with E-state index in [1.165, 1.54) is 17.0 Å². The maximum Gasteiger partial charge on any atom is 0.338 e. The molecule has 2 aromatic rings. The summed E-state index contributed by atoms with van der Waals surface area (Å²) >= 11 is 0. The zero-order valence-electron chi connectivity index (χ0n) is 18.4. The van der Waals surface area contributed by atoms with Crippen LogP contribution in [0.1, 0.15) is 27.9 Å². The van der Waals surface area contributed by atoms with Gasteiger partial charge in [0.2, 0.25) is 11.8 Å². The summed E-state index contributed by atoms with van der Waals surface area (Å²) in [5, 5.41) is 2.77. The van der Waals surface area contributed by atoms with Crippen molar-refractivity contribution in [2.24, 2.45) is 23.7 Å². The predicted octanol–water partition coefficient (Wildman–Crippen LogP) is 3.41. The molecule has 33 heavy (non-hydrogen) atoms. The van der Waals surface area contributed by atoms with Gasteiger partial charge in [-0.15, -0.1) is 0 Å². The van der Waals surface area contributed by atoms with E-state index in [9.17, 15) is 19.2 Å². The number of fused-ring (bicyclic) bond motifs is 5. The second-order valence-electron chi connectivity index (χ2n) is 8.95. The van der Waals surface area contributed by atoms with Gasteiger partial charge in [0.05, 0.1) is 23.1 Å². The maximum absolute atomic E-state index is 13.0. The van der Waals surface area contributed by atoms with Gasteiger partial charge in [0.25, 0.3) is 5.91 Å². The molecule has 1 heterocycles. The molecule has 2 aromatic carbocycles. The van der Waals surface area contributed by atoms with Crippen molar-refractivity contribution in [3.63, 3.8) is 0 Å². The fraction of sp³-hybridized carbons (Fsp3) is 0.308. The van der Waals surface area contributed by atoms with E-state index in [0.29, 0.717) is 11.4 Å². The van der Waals surface area contributed by atoms with E-state index in [4.69, 9.17) is 4.74 Å². The Hall–Kier alpha value is -3.74. The fourth-order valence-corrected chi connectivity index (χ4v) is 5.33. The molecule has 1 saturated carbocycles. The molecule has 7 heteroatoms. The number of allylic oxidation sites excluding steroid dienone is 2. The van der Waals surface area contributed by atoms with Crippen LogP contribution in [-0.4, -0.2) is 30.3 Å². The minimum atomic E-state index is -0.700. The lowest BCUT2D eigenvalue weighted by Gasteiger charge is -2.18. The first-order valence-corrected chi connectivity index (χ1v) is 11.0. The highest BCUT2D eigenvalue weighted by atomic mass is 16.5. The Morgan fingerprint density at radius 1 is 0.970 bits per heavy atom. The second-order valence-corrected chi connectivity index (χ2v) is 8.95. The molecule has 2 fully saturated rings. The van der Waals surface area contributed by atoms with Crippen molar-refractivity contribution in [3.05, 3.63) is 71.3 Å². The Bertz CT molecular complexity index is 1170. The van der Waals surface area contributed by atoms with Gasteiger partial charge in [-0.1, -0.05) is 36.4 Å². The van der Waals surface area contributed by atoms with Crippen LogP contribution in [0.2, 0.25) is 0 Å². The minimum Gasteiger partial charge on any atom is -0.452 e. The Morgan fingerprint density at radius 2 is 1.58 bits per heavy atom. The molecule has 0 radical (unpaired) electrons. The monoisotopic (exact) mass is 444 g/mol. The topological polar surface area (TPSA) is 92.8 Å². The van der Waals surface area contributed by atoms with Gasteiger partial charge in [-0.3, -0.25) is 14.4 Å². The molecule has 7 nitrogen and oxygen atoms in total. The molecule has 0 spiro atoms. The Kier molecular flexibility index (Phi) is 5.12. The minimum absolute atomic E-state index is 0.116. The number of nitrogens with one attached hydrogen (secondary N) is 1. The summed E-state index contributed by atoms with van der Waals surface area (Å²) in [5.41, 5.74) is 3.05. The standard InChI is InChI=1S/C26H24N2O5/c1-14-5-3-6-15(2)23(14)27-20(29)13-33-26(32)18-7-4-8-19(12-18)28-24(30)21-16-9-10-17(11-16)22(21)25(28)31/h3-10,12,16-17,21-22H,11,13H2,1-2H3,(H,27,29)/t16-,17-,21-,22+/m0/s1. The predicted molar refractivity (Wildman–Crippen MR) is 121 cm³/mol. The van der Waals surface area contributed by atoms with Crippen LogP contribution in [0.4, 0.5) is 11.4 Å². The fourth-order valence-electron chi connectivity index (χ4n) is 5.33. The van der Waals surface area contributed by atoms with Crippen LogP contribution in [0.3, 0.4) is 0 Å². The molecule has 5 rings (SSSR count). The van der Waals surface area contributed by atoms with Gasteiger partial charge in [-0.25, -0.2) is 9.69 Å². The van der Waals surface area contributed by atoms with Gasteiger partial charge < -0.3 is 10.1 Å². The number of hydrogen-bond donors (Lipinski definition) is 1. The molecule has 1 aliphatic heterocycles. The number of para-hydroxylation sites is 1. The van der Waals surface area contributed by atoms with E-state index < -0.39 is 18.5 Å². The third-order valence-corrected chi connectivity index (χ3v) is 6.89. The SMILES string of the molecule is Cc1cccc(C)c1NC(=O)COC(=O)c1cccc(N2C(=O)[C@@H]3[C@H](C2=O)[C@H]2C=C[C@H]3C2)c1. The van der Waals surface area contributed by atoms with Crippen molar-refractivity contribution in [3.8, 4) is 0 Å². The zero-order chi connectivity index (χ0) is 23.3. The smallest absolute Gasteiger partial charge is 0.338 e. The average molecular weight is 444 g/mol. The number of ether oxygens (including phenoxy) is 1. The van der Waals surface area contributed by atoms with E-state index in [0.717, 1.165) is 17.5 Å². The molecule has 168 valence electrons. The summed E-state index contributed by atoms with van der Waals surface area (Å²) in [7, 11) is 0. The first-order valence-electron chi connectivity index (χ1n) is 11.0. The maximum atomic E-state index is 13.0. The molecular formula is C26H24N2O5. The van der Waals surface area contributed by atoms with Gasteiger partial charge in [0.15, 0.2) is 6.61 Å². The Morgan fingerprint density at radius 3 is 2.21 bits per heavy atom. The highest BCUT2D eigenvalue weighted by molar-refractivity contribution is 6.23. The number of benzene rings is 2. The summed E-state index contributed by atoms with van der Waals surface area (Å²) in [6, 6.07) is 11.9. The molecular weight excluding hydrogens is 420 g/mol. The lowest BCUT2D eigenvalue weighted by Crippen LogP contribution is -2.33. The highest BCUT2D eigenvalue weighted by Crippen LogP contribution is 2.53. The molecule has 4 atom stereocenters. The number of anilines is 2. The molecule has 1 saturated heterocycles. The molecule has 0 aromatic heterocycles. The molecule has 0 unspecified atom stereocenters. The summed E-state index contributed by atoms with van der Waals surface area (Å²) in [4.78, 5) is 52.1. The number of carbonyl (C=O) groups excluding carboxylic acids is 4. The van der Waals surface area contributed by atoms with E-state index in [-0.39, 0.29) is 41.0 Å². The summed E-state index contributed by atoms with van der Waals surface area (Å²) < 4.78 is 5.18. The highest BCUT2D eigenvalue weighted by Gasteiger charge is 2.59. The number of aryl methyl sites for hydroxylation is 2. The van der Waals surface area contributed by atoms with Gasteiger partial charge >= 0.3 is 5.97 Å². The number of rotatable bonds is 5. The first-order chi connectivity index (χ1) is 15.8. The van der Waals surface area contributed by atoms with E-state index in [1.807, 2.05) is 44.2 Å². The second kappa shape index (κ2) is 7.99. The lowest BCUT2D eigenvalue weighted by molar-refractivity contribution is -0.123. The summed E-state index contributed by atoms with van der Waals surface area (Å²) in [6.07, 6.45) is 4.94. The van der Waals surface area contributed by atoms with Crippen molar-refractivity contribution in [2.45, 2.75) is 20.3 Å². The van der Waals surface area contributed by atoms with Crippen LogP contribution >= 0.6 is 0 Å². The number of nitrogens with zero attached hydrogens (tertiary/aromatic N) is 1. The quantitative estimate of drug-likeness (QED) is 0.433. The average Bonchev–Trinajstić information content (AvgIpc) is 3.48. The van der Waals surface area contributed by atoms with Crippen molar-refractivity contribution in [1.29, 1.82) is 0 Å². The van der Waals surface area contributed by atoms with E-state index in [1.54, 1.807) is 12.1 Å². The summed E-state index contributed by atoms with van der Waals surface area (Å²) in [5.74, 6) is -1.95. The molecule has 3 aliphatic rings. The van der Waals surface area contributed by atoms with Crippen LogP contribution in [0.15, 0.2) is 54.6 Å². The van der Waals surface area contributed by atoms with Gasteiger partial charge in [-0.05, 0) is 61.4 Å². The van der Waals surface area contributed by atoms with Gasteiger partial charge in [-0.2, -0.15) is 0 Å². The third kappa shape index (κ3) is 3.53. The van der Waals surface area contributed by atoms with E-state index >= 15 is 0 Å². The molecule has 2 aliphatic carbocycles. The molecule has 3 amide bonds. The molecule has 1 N–H and O–H groups in total. The third-order valence-electron chi connectivity index (χ3n) is 6.89. The number of hydrogen-bond acceptors (Lipinski definition) is 5. The normalized spacial score (nSPS) is 24.8. The van der Waals surface area contributed by atoms with E-state index in [2.05, 4.69) is 5.32 Å². The van der Waals surface area contributed by atoms with Gasteiger partial charge in [0.1, 0.15) is 0 Å². The number of imide groups is 1. The van der Waals surface area contributed by atoms with Crippen molar-refractivity contribution in [1.82, 2.24) is 0 Å².